The van der Waals surface area contributed by atoms with Crippen LogP contribution in [0, 0.1) is 0 Å². The minimum atomic E-state index is -3.27. The summed E-state index contributed by atoms with van der Waals surface area (Å²) in [5.74, 6) is -0.798. The van der Waals surface area contributed by atoms with Gasteiger partial charge in [-0.25, -0.2) is 18.0 Å². The number of benzene rings is 1. The molecule has 0 bridgehead atoms. The number of rotatable bonds is 7. The van der Waals surface area contributed by atoms with E-state index in [0.29, 0.717) is 42.2 Å². The van der Waals surface area contributed by atoms with E-state index in [1.54, 1.807) is 12.1 Å². The molecule has 2 saturated heterocycles. The average Bonchev–Trinajstić information content (AvgIpc) is 3.26. The molecule has 1 amide bonds. The molecule has 1 aromatic carbocycles. The Morgan fingerprint density at radius 2 is 1.97 bits per heavy atom. The topological polar surface area (TPSA) is 110 Å². The van der Waals surface area contributed by atoms with Gasteiger partial charge in [0, 0.05) is 13.1 Å². The molecule has 0 saturated carbocycles. The number of sulfonamides is 1. The van der Waals surface area contributed by atoms with Crippen molar-refractivity contribution >= 4 is 45.3 Å². The van der Waals surface area contributed by atoms with Gasteiger partial charge in [0.25, 0.3) is 0 Å². The molecule has 30 heavy (non-hydrogen) atoms. The highest BCUT2D eigenvalue weighted by molar-refractivity contribution is 8.04. The standard InChI is InChI=1S/C19H22N2O7S2/c1-27-18(23)12-17-20(16(22)13-29-17)8-2-10-28-19(24)14-4-6-15(7-5-14)21-9-3-11-30(21,25)26/h4-7,12H,2-3,8-11,13H2,1H3/b17-12+. The van der Waals surface area contributed by atoms with E-state index in [0.717, 1.165) is 0 Å². The van der Waals surface area contributed by atoms with Crippen LogP contribution < -0.4 is 4.31 Å². The van der Waals surface area contributed by atoms with Crippen molar-refractivity contribution in [2.75, 3.05) is 42.6 Å². The fourth-order valence-electron chi connectivity index (χ4n) is 3.09. The normalized spacial score (nSPS) is 19.4. The SMILES string of the molecule is COC(=O)/C=C1/SCC(=O)N1CCCOC(=O)c1ccc(N2CCCS2(=O)=O)cc1. The van der Waals surface area contributed by atoms with Crippen LogP contribution >= 0.6 is 11.8 Å². The number of carbonyl (C=O) groups is 3. The number of nitrogens with zero attached hydrogens (tertiary/aromatic N) is 2. The molecule has 11 heteroatoms. The van der Waals surface area contributed by atoms with E-state index < -0.39 is 22.0 Å². The van der Waals surface area contributed by atoms with Gasteiger partial charge in [-0.1, -0.05) is 11.8 Å². The van der Waals surface area contributed by atoms with Crippen molar-refractivity contribution in [3.05, 3.63) is 40.9 Å². The zero-order valence-corrected chi connectivity index (χ0v) is 18.0. The summed E-state index contributed by atoms with van der Waals surface area (Å²) in [5, 5.41) is 0.519. The molecule has 0 unspecified atom stereocenters. The lowest BCUT2D eigenvalue weighted by molar-refractivity contribution is -0.134. The monoisotopic (exact) mass is 454 g/mol. The molecule has 2 heterocycles. The maximum atomic E-state index is 12.2. The first kappa shape index (κ1) is 22.2. The number of esters is 2. The van der Waals surface area contributed by atoms with Gasteiger partial charge in [-0.05, 0) is 37.1 Å². The van der Waals surface area contributed by atoms with Crippen molar-refractivity contribution in [3.63, 3.8) is 0 Å². The molecule has 162 valence electrons. The van der Waals surface area contributed by atoms with Gasteiger partial charge in [0.1, 0.15) is 0 Å². The van der Waals surface area contributed by atoms with Gasteiger partial charge < -0.3 is 14.4 Å². The number of anilines is 1. The Morgan fingerprint density at radius 1 is 1.23 bits per heavy atom. The third-order valence-corrected chi connectivity index (χ3v) is 7.50. The van der Waals surface area contributed by atoms with E-state index in [1.165, 1.54) is 46.3 Å². The Bertz CT molecular complexity index is 958. The second-order valence-electron chi connectivity index (χ2n) is 6.62. The van der Waals surface area contributed by atoms with Gasteiger partial charge >= 0.3 is 11.9 Å². The third kappa shape index (κ3) is 5.14. The summed E-state index contributed by atoms with van der Waals surface area (Å²) < 4.78 is 35.1. The zero-order valence-electron chi connectivity index (χ0n) is 16.4. The summed E-state index contributed by atoms with van der Waals surface area (Å²) in [7, 11) is -2.00. The van der Waals surface area contributed by atoms with Crippen LogP contribution in [-0.4, -0.2) is 69.5 Å². The molecule has 2 aliphatic heterocycles. The van der Waals surface area contributed by atoms with Crippen molar-refractivity contribution in [1.82, 2.24) is 4.90 Å². The number of carbonyl (C=O) groups excluding carboxylic acids is 3. The lowest BCUT2D eigenvalue weighted by Crippen LogP contribution is -2.27. The highest BCUT2D eigenvalue weighted by atomic mass is 32.2. The first-order chi connectivity index (χ1) is 14.3. The van der Waals surface area contributed by atoms with E-state index in [1.807, 2.05) is 0 Å². The smallest absolute Gasteiger partial charge is 0.338 e. The molecule has 0 aliphatic carbocycles. The van der Waals surface area contributed by atoms with Crippen LogP contribution in [0.4, 0.5) is 5.69 Å². The third-order valence-electron chi connectivity index (χ3n) is 4.60. The van der Waals surface area contributed by atoms with Crippen LogP contribution in [-0.2, 0) is 29.1 Å². The first-order valence-corrected chi connectivity index (χ1v) is 11.9. The second kappa shape index (κ2) is 9.52. The fourth-order valence-corrected chi connectivity index (χ4v) is 5.61. The Hall–Kier alpha value is -2.53. The van der Waals surface area contributed by atoms with E-state index in [2.05, 4.69) is 4.74 Å². The van der Waals surface area contributed by atoms with E-state index >= 15 is 0 Å². The molecule has 9 nitrogen and oxygen atoms in total. The molecular formula is C19H22N2O7S2. The lowest BCUT2D eigenvalue weighted by Gasteiger charge is -2.17. The summed E-state index contributed by atoms with van der Waals surface area (Å²) >= 11 is 1.26. The van der Waals surface area contributed by atoms with Gasteiger partial charge in [0.05, 0.1) is 47.6 Å². The highest BCUT2D eigenvalue weighted by Gasteiger charge is 2.29. The summed E-state index contributed by atoms with van der Waals surface area (Å²) in [6, 6.07) is 6.24. The van der Waals surface area contributed by atoms with Gasteiger partial charge in [0.15, 0.2) is 0 Å². The predicted molar refractivity (Wildman–Crippen MR) is 111 cm³/mol. The summed E-state index contributed by atoms with van der Waals surface area (Å²) in [4.78, 5) is 37.0. The van der Waals surface area contributed by atoms with Crippen molar-refractivity contribution in [2.45, 2.75) is 12.8 Å². The largest absolute Gasteiger partial charge is 0.466 e. The number of thioether (sulfide) groups is 1. The Kier molecular flexibility index (Phi) is 7.03. The summed E-state index contributed by atoms with van der Waals surface area (Å²) in [5.41, 5.74) is 0.841. The number of methoxy groups -OCH3 is 1. The van der Waals surface area contributed by atoms with Crippen LogP contribution in [0.3, 0.4) is 0 Å². The lowest BCUT2D eigenvalue weighted by atomic mass is 10.2. The van der Waals surface area contributed by atoms with E-state index in [9.17, 15) is 22.8 Å². The molecule has 0 radical (unpaired) electrons. The maximum absolute atomic E-state index is 12.2. The average molecular weight is 455 g/mol. The highest BCUT2D eigenvalue weighted by Crippen LogP contribution is 2.29. The number of hydrogen-bond donors (Lipinski definition) is 0. The van der Waals surface area contributed by atoms with Crippen LogP contribution in [0.1, 0.15) is 23.2 Å². The van der Waals surface area contributed by atoms with Crippen LogP contribution in [0.2, 0.25) is 0 Å². The predicted octanol–water partition coefficient (Wildman–Crippen LogP) is 1.36. The molecule has 0 N–H and O–H groups in total. The molecule has 0 aromatic heterocycles. The second-order valence-corrected chi connectivity index (χ2v) is 9.63. The molecule has 2 aliphatic rings. The number of hydrogen-bond acceptors (Lipinski definition) is 8. The molecule has 1 aromatic rings. The van der Waals surface area contributed by atoms with Crippen LogP contribution in [0.15, 0.2) is 35.4 Å². The Morgan fingerprint density at radius 3 is 2.60 bits per heavy atom. The number of amides is 1. The van der Waals surface area contributed by atoms with Gasteiger partial charge in [0.2, 0.25) is 15.9 Å². The van der Waals surface area contributed by atoms with E-state index in [-0.39, 0.29) is 24.0 Å². The molecule has 0 spiro atoms. The van der Waals surface area contributed by atoms with Crippen molar-refractivity contribution in [3.8, 4) is 0 Å². The molecule has 3 rings (SSSR count). The minimum Gasteiger partial charge on any atom is -0.466 e. The van der Waals surface area contributed by atoms with Crippen LogP contribution in [0.25, 0.3) is 0 Å². The van der Waals surface area contributed by atoms with Crippen LogP contribution in [0.5, 0.6) is 0 Å². The van der Waals surface area contributed by atoms with Crippen molar-refractivity contribution in [2.24, 2.45) is 0 Å². The Labute approximate surface area is 179 Å². The quantitative estimate of drug-likeness (QED) is 0.345. The van der Waals surface area contributed by atoms with Gasteiger partial charge in [-0.15, -0.1) is 0 Å². The zero-order chi connectivity index (χ0) is 21.7. The van der Waals surface area contributed by atoms with E-state index in [4.69, 9.17) is 4.74 Å². The molecule has 2 fully saturated rings. The van der Waals surface area contributed by atoms with Crippen molar-refractivity contribution in [1.29, 1.82) is 0 Å². The van der Waals surface area contributed by atoms with Gasteiger partial charge in [-0.2, -0.15) is 0 Å². The Balaban J connectivity index is 1.49. The first-order valence-electron chi connectivity index (χ1n) is 9.32. The van der Waals surface area contributed by atoms with Gasteiger partial charge in [-0.3, -0.25) is 9.10 Å². The molecular weight excluding hydrogens is 432 g/mol. The summed E-state index contributed by atoms with van der Waals surface area (Å²) in [6.07, 6.45) is 2.26. The fraction of sp³-hybridized carbons (Fsp3) is 0.421. The summed E-state index contributed by atoms with van der Waals surface area (Å²) in [6.45, 7) is 0.848. The number of ether oxygens (including phenoxy) is 2. The minimum absolute atomic E-state index is 0.0983. The molecule has 0 atom stereocenters. The maximum Gasteiger partial charge on any atom is 0.338 e. The van der Waals surface area contributed by atoms with Crippen molar-refractivity contribution < 1.29 is 32.3 Å².